The van der Waals surface area contributed by atoms with Crippen molar-refractivity contribution in [2.24, 2.45) is 0 Å². The molecule has 0 saturated carbocycles. The Morgan fingerprint density at radius 3 is 2.00 bits per heavy atom. The van der Waals surface area contributed by atoms with E-state index in [4.69, 9.17) is 9.40 Å². The molecule has 0 bridgehead atoms. The number of aromatic nitrogens is 4. The number of hydrogen-bond acceptors (Lipinski definition) is 4. The summed E-state index contributed by atoms with van der Waals surface area (Å²) < 4.78 is 8.05. The van der Waals surface area contributed by atoms with Gasteiger partial charge in [-0.3, -0.25) is 9.97 Å². The Hall–Kier alpha value is -4.77. The molecule has 0 aliphatic carbocycles. The van der Waals surface area contributed by atoms with Crippen molar-refractivity contribution in [3.05, 3.63) is 110 Å². The number of hydrogen-bond donors (Lipinski definition) is 0. The molecular weight excluding hydrogens is 420 g/mol. The van der Waals surface area contributed by atoms with E-state index in [-0.39, 0.29) is 0 Å². The third-order valence-corrected chi connectivity index (χ3v) is 6.19. The van der Waals surface area contributed by atoms with E-state index in [1.165, 1.54) is 10.8 Å². The van der Waals surface area contributed by atoms with Crippen LogP contribution in [0.25, 0.3) is 61.2 Å². The van der Waals surface area contributed by atoms with Gasteiger partial charge >= 0.3 is 0 Å². The van der Waals surface area contributed by atoms with Gasteiger partial charge in [0.15, 0.2) is 0 Å². The van der Waals surface area contributed by atoms with Gasteiger partial charge in [0.05, 0.1) is 45.8 Å². The van der Waals surface area contributed by atoms with Crippen LogP contribution in [-0.2, 0) is 0 Å². The van der Waals surface area contributed by atoms with Gasteiger partial charge in [-0.15, -0.1) is 0 Å². The predicted octanol–water partition coefficient (Wildman–Crippen LogP) is 7.05. The fourth-order valence-electron chi connectivity index (χ4n) is 4.71. The number of nitrogens with zero attached hydrogens (tertiary/aromatic N) is 4. The van der Waals surface area contributed by atoms with Crippen molar-refractivity contribution in [1.82, 2.24) is 19.5 Å². The maximum atomic E-state index is 5.75. The summed E-state index contributed by atoms with van der Waals surface area (Å²) in [4.78, 5) is 14.1. The molecule has 0 aliphatic rings. The van der Waals surface area contributed by atoms with E-state index in [2.05, 4.69) is 57.0 Å². The molecule has 0 radical (unpaired) electrons. The molecule has 2 aromatic carbocycles. The van der Waals surface area contributed by atoms with Crippen LogP contribution >= 0.6 is 0 Å². The van der Waals surface area contributed by atoms with Gasteiger partial charge < -0.3 is 8.98 Å². The second-order valence-electron chi connectivity index (χ2n) is 8.17. The third-order valence-electron chi connectivity index (χ3n) is 6.19. The van der Waals surface area contributed by atoms with Crippen LogP contribution in [0.3, 0.4) is 0 Å². The van der Waals surface area contributed by atoms with Gasteiger partial charge in [-0.2, -0.15) is 0 Å². The summed E-state index contributed by atoms with van der Waals surface area (Å²) in [5, 5.41) is 3.44. The summed E-state index contributed by atoms with van der Waals surface area (Å²) in [7, 11) is 0. The number of rotatable bonds is 3. The van der Waals surface area contributed by atoms with E-state index in [1.807, 2.05) is 48.5 Å². The minimum absolute atomic E-state index is 0.795. The van der Waals surface area contributed by atoms with Crippen molar-refractivity contribution in [2.75, 3.05) is 0 Å². The van der Waals surface area contributed by atoms with Crippen LogP contribution in [0.15, 0.2) is 114 Å². The lowest BCUT2D eigenvalue weighted by atomic mass is 10.1. The van der Waals surface area contributed by atoms with Crippen molar-refractivity contribution in [3.63, 3.8) is 0 Å². The summed E-state index contributed by atoms with van der Waals surface area (Å²) in [5.74, 6) is 0. The minimum Gasteiger partial charge on any atom is -0.464 e. The Balaban J connectivity index is 1.62. The van der Waals surface area contributed by atoms with Gasteiger partial charge in [0.2, 0.25) is 0 Å². The van der Waals surface area contributed by atoms with Gasteiger partial charge in [-0.05, 0) is 60.7 Å². The first kappa shape index (κ1) is 18.8. The van der Waals surface area contributed by atoms with Gasteiger partial charge in [-0.1, -0.05) is 30.3 Å². The summed E-state index contributed by atoms with van der Waals surface area (Å²) >= 11 is 0. The van der Waals surface area contributed by atoms with Gasteiger partial charge in [0.25, 0.3) is 0 Å². The number of fused-ring (bicyclic) bond motifs is 5. The molecule has 5 heteroatoms. The Morgan fingerprint density at radius 2 is 1.29 bits per heavy atom. The number of pyridine rings is 3. The molecule has 0 fully saturated rings. The summed E-state index contributed by atoms with van der Waals surface area (Å²) in [5.41, 5.74) is 7.31. The molecule has 0 N–H and O–H groups in total. The van der Waals surface area contributed by atoms with Gasteiger partial charge in [0.1, 0.15) is 5.58 Å². The first-order valence-corrected chi connectivity index (χ1v) is 11.1. The molecule has 5 aromatic heterocycles. The third kappa shape index (κ3) is 2.84. The predicted molar refractivity (Wildman–Crippen MR) is 135 cm³/mol. The smallest absolute Gasteiger partial charge is 0.136 e. The molecule has 0 unspecified atom stereocenters. The highest BCUT2D eigenvalue weighted by Crippen LogP contribution is 2.38. The Kier molecular flexibility index (Phi) is 4.08. The molecule has 5 heterocycles. The maximum absolute atomic E-state index is 5.75. The van der Waals surface area contributed by atoms with Crippen LogP contribution in [0, 0.1) is 0 Å². The van der Waals surface area contributed by atoms with Crippen LogP contribution in [0.4, 0.5) is 0 Å². The first-order valence-electron chi connectivity index (χ1n) is 11.1. The van der Waals surface area contributed by atoms with E-state index in [0.29, 0.717) is 0 Å². The summed E-state index contributed by atoms with van der Waals surface area (Å²) in [6.07, 6.45) is 5.33. The molecule has 34 heavy (non-hydrogen) atoms. The SMILES string of the molecule is c1ccc(-c2cc(-n3c4ccccc4c4ccc5occc5c43)cc(-c3ccccn3)n2)nc1. The van der Waals surface area contributed by atoms with Gasteiger partial charge in [-0.25, -0.2) is 4.98 Å². The molecule has 0 spiro atoms. The van der Waals surface area contributed by atoms with E-state index in [0.717, 1.165) is 50.5 Å². The molecule has 0 atom stereocenters. The highest BCUT2D eigenvalue weighted by atomic mass is 16.3. The van der Waals surface area contributed by atoms with Crippen LogP contribution < -0.4 is 0 Å². The molecule has 7 aromatic rings. The second-order valence-corrected chi connectivity index (χ2v) is 8.17. The molecule has 0 saturated heterocycles. The normalized spacial score (nSPS) is 11.5. The van der Waals surface area contributed by atoms with Crippen LogP contribution in [-0.4, -0.2) is 19.5 Å². The zero-order valence-electron chi connectivity index (χ0n) is 18.1. The standard InChI is InChI=1S/C29H18N4O/c1-2-10-27-20(7-1)21-11-12-28-22(13-16-34-28)29(21)33(27)19-17-25(23-8-3-5-14-30-23)32-26(18-19)24-9-4-6-15-31-24/h1-18H. The molecule has 0 amide bonds. The van der Waals surface area contributed by atoms with Crippen molar-refractivity contribution in [1.29, 1.82) is 0 Å². The van der Waals surface area contributed by atoms with Crippen LogP contribution in [0.2, 0.25) is 0 Å². The quantitative estimate of drug-likeness (QED) is 0.297. The molecule has 5 nitrogen and oxygen atoms in total. The fraction of sp³-hybridized carbons (Fsp3) is 0. The van der Waals surface area contributed by atoms with Crippen molar-refractivity contribution < 1.29 is 4.42 Å². The Labute approximate surface area is 195 Å². The Morgan fingerprint density at radius 1 is 0.588 bits per heavy atom. The second kappa shape index (κ2) is 7.39. The number of benzene rings is 2. The minimum atomic E-state index is 0.795. The Bertz CT molecular complexity index is 1740. The first-order chi connectivity index (χ1) is 16.9. The van der Waals surface area contributed by atoms with E-state index in [9.17, 15) is 0 Å². The highest BCUT2D eigenvalue weighted by Gasteiger charge is 2.18. The van der Waals surface area contributed by atoms with Crippen molar-refractivity contribution >= 4 is 32.8 Å². The number of para-hydroxylation sites is 1. The summed E-state index contributed by atoms with van der Waals surface area (Å²) in [6.45, 7) is 0. The van der Waals surface area contributed by atoms with E-state index in [1.54, 1.807) is 18.7 Å². The zero-order chi connectivity index (χ0) is 22.5. The average Bonchev–Trinajstić information content (AvgIpc) is 3.52. The van der Waals surface area contributed by atoms with E-state index < -0.39 is 0 Å². The van der Waals surface area contributed by atoms with Gasteiger partial charge in [0, 0.05) is 28.6 Å². The molecule has 160 valence electrons. The highest BCUT2D eigenvalue weighted by molar-refractivity contribution is 6.17. The monoisotopic (exact) mass is 438 g/mol. The fourth-order valence-corrected chi connectivity index (χ4v) is 4.71. The van der Waals surface area contributed by atoms with E-state index >= 15 is 0 Å². The lowest BCUT2D eigenvalue weighted by Crippen LogP contribution is -1.99. The summed E-state index contributed by atoms with van der Waals surface area (Å²) in [6, 6.07) is 30.6. The van der Waals surface area contributed by atoms with Crippen LogP contribution in [0.1, 0.15) is 0 Å². The topological polar surface area (TPSA) is 56.7 Å². The largest absolute Gasteiger partial charge is 0.464 e. The van der Waals surface area contributed by atoms with Crippen molar-refractivity contribution in [2.45, 2.75) is 0 Å². The molecule has 0 aliphatic heterocycles. The molecule has 7 rings (SSSR count). The molecular formula is C29H18N4O. The lowest BCUT2D eigenvalue weighted by Gasteiger charge is -2.12. The maximum Gasteiger partial charge on any atom is 0.136 e. The lowest BCUT2D eigenvalue weighted by molar-refractivity contribution is 0.616. The average molecular weight is 438 g/mol. The number of furan rings is 1. The van der Waals surface area contributed by atoms with Crippen LogP contribution in [0.5, 0.6) is 0 Å². The van der Waals surface area contributed by atoms with Crippen molar-refractivity contribution in [3.8, 4) is 28.5 Å². The zero-order valence-corrected chi connectivity index (χ0v) is 18.1.